The molecule has 0 amide bonds. The molecule has 0 aliphatic rings. The second-order valence-electron chi connectivity index (χ2n) is 5.46. The van der Waals surface area contributed by atoms with E-state index >= 15 is 0 Å². The van der Waals surface area contributed by atoms with Gasteiger partial charge in [0.1, 0.15) is 5.75 Å². The predicted octanol–water partition coefficient (Wildman–Crippen LogP) is 4.27. The molecule has 2 nitrogen and oxygen atoms in total. The molecule has 18 heavy (non-hydrogen) atoms. The molecule has 1 aromatic carbocycles. The first-order valence-corrected chi connectivity index (χ1v) is 6.65. The molecule has 0 aromatic heterocycles. The van der Waals surface area contributed by atoms with Crippen molar-refractivity contribution in [2.24, 2.45) is 5.41 Å². The molecule has 0 N–H and O–H groups in total. The lowest BCUT2D eigenvalue weighted by Gasteiger charge is -2.22. The molecular formula is C15H21ClO2. The van der Waals surface area contributed by atoms with Gasteiger partial charge in [0, 0.05) is 11.3 Å². The number of alkyl halides is 1. The highest BCUT2D eigenvalue weighted by atomic mass is 35.5. The van der Waals surface area contributed by atoms with Gasteiger partial charge in [0.25, 0.3) is 0 Å². The first-order chi connectivity index (χ1) is 8.33. The van der Waals surface area contributed by atoms with Gasteiger partial charge < -0.3 is 4.74 Å². The Hall–Kier alpha value is -1.02. The summed E-state index contributed by atoms with van der Waals surface area (Å²) >= 11 is 5.87. The van der Waals surface area contributed by atoms with Gasteiger partial charge in [-0.3, -0.25) is 4.79 Å². The highest BCUT2D eigenvalue weighted by molar-refractivity contribution is 6.21. The Labute approximate surface area is 114 Å². The fourth-order valence-corrected chi connectivity index (χ4v) is 1.81. The fourth-order valence-electron chi connectivity index (χ4n) is 1.69. The van der Waals surface area contributed by atoms with Crippen LogP contribution in [0.25, 0.3) is 0 Å². The van der Waals surface area contributed by atoms with Gasteiger partial charge in [0.05, 0.1) is 12.7 Å². The molecule has 0 bridgehead atoms. The van der Waals surface area contributed by atoms with Gasteiger partial charge in [-0.1, -0.05) is 33.8 Å². The number of rotatable bonds is 5. The maximum Gasteiger partial charge on any atom is 0.173 e. The van der Waals surface area contributed by atoms with Gasteiger partial charge in [-0.05, 0) is 23.6 Å². The summed E-state index contributed by atoms with van der Waals surface area (Å²) in [4.78, 5) is 12.5. The molecule has 100 valence electrons. The smallest absolute Gasteiger partial charge is 0.173 e. The van der Waals surface area contributed by atoms with Gasteiger partial charge in [0.15, 0.2) is 5.78 Å². The average Bonchev–Trinajstić information content (AvgIpc) is 2.36. The third-order valence-corrected chi connectivity index (χ3v) is 3.75. The van der Waals surface area contributed by atoms with Crippen molar-refractivity contribution in [2.45, 2.75) is 33.6 Å². The van der Waals surface area contributed by atoms with Crippen molar-refractivity contribution in [3.8, 4) is 5.75 Å². The van der Waals surface area contributed by atoms with Crippen molar-refractivity contribution in [3.05, 3.63) is 29.3 Å². The lowest BCUT2D eigenvalue weighted by molar-refractivity contribution is 0.0858. The number of ether oxygens (including phenoxy) is 1. The third-order valence-electron chi connectivity index (χ3n) is 3.08. The van der Waals surface area contributed by atoms with Crippen molar-refractivity contribution >= 4 is 17.4 Å². The Kier molecular flexibility index (Phi) is 4.80. The van der Waals surface area contributed by atoms with Crippen LogP contribution in [0.1, 0.15) is 49.5 Å². The van der Waals surface area contributed by atoms with E-state index in [1.54, 1.807) is 7.11 Å². The number of Topliss-reactive ketones (excluding diaryl/α,β-unsaturated/α-hetero) is 1. The van der Waals surface area contributed by atoms with Crippen molar-refractivity contribution in [1.29, 1.82) is 0 Å². The Morgan fingerprint density at radius 2 is 2.00 bits per heavy atom. The summed E-state index contributed by atoms with van der Waals surface area (Å²) in [5.41, 5.74) is 1.17. The minimum atomic E-state index is -0.579. The van der Waals surface area contributed by atoms with Crippen LogP contribution >= 0.6 is 11.6 Å². The molecule has 0 saturated carbocycles. The van der Waals surface area contributed by atoms with E-state index in [1.807, 2.05) is 32.0 Å². The standard InChI is InChI=1S/C15H21ClO2/c1-10(2)11-6-7-13(18-5)12(8-11)14(17)15(3,4)9-16/h6-8,10H,9H2,1-5H3. The van der Waals surface area contributed by atoms with Gasteiger partial charge in [-0.25, -0.2) is 0 Å². The number of hydrogen-bond acceptors (Lipinski definition) is 2. The SMILES string of the molecule is COc1ccc(C(C)C)cc1C(=O)C(C)(C)CCl. The Morgan fingerprint density at radius 3 is 2.44 bits per heavy atom. The van der Waals surface area contributed by atoms with Crippen LogP contribution in [0.3, 0.4) is 0 Å². The summed E-state index contributed by atoms with van der Waals surface area (Å²) in [5, 5.41) is 0. The fraction of sp³-hybridized carbons (Fsp3) is 0.533. The highest BCUT2D eigenvalue weighted by Crippen LogP contribution is 2.31. The molecule has 0 aliphatic heterocycles. The zero-order chi connectivity index (χ0) is 13.9. The minimum Gasteiger partial charge on any atom is -0.496 e. The van der Waals surface area contributed by atoms with Crippen molar-refractivity contribution < 1.29 is 9.53 Å². The minimum absolute atomic E-state index is 0.0249. The maximum atomic E-state index is 12.5. The van der Waals surface area contributed by atoms with E-state index in [2.05, 4.69) is 13.8 Å². The average molecular weight is 269 g/mol. The van der Waals surface area contributed by atoms with Gasteiger partial charge >= 0.3 is 0 Å². The number of carbonyl (C=O) groups is 1. The van der Waals surface area contributed by atoms with Crippen LogP contribution in [0.4, 0.5) is 0 Å². The van der Waals surface area contributed by atoms with E-state index in [9.17, 15) is 4.79 Å². The van der Waals surface area contributed by atoms with Crippen LogP contribution in [0, 0.1) is 5.41 Å². The summed E-state index contributed by atoms with van der Waals surface area (Å²) in [6, 6.07) is 5.76. The van der Waals surface area contributed by atoms with Crippen LogP contribution in [0.2, 0.25) is 0 Å². The van der Waals surface area contributed by atoms with Crippen LogP contribution in [0.5, 0.6) is 5.75 Å². The summed E-state index contributed by atoms with van der Waals surface area (Å²) in [6.07, 6.45) is 0. The Balaban J connectivity index is 3.28. The highest BCUT2D eigenvalue weighted by Gasteiger charge is 2.30. The molecular weight excluding hydrogens is 248 g/mol. The van der Waals surface area contributed by atoms with Crippen LogP contribution < -0.4 is 4.74 Å². The molecule has 1 aromatic rings. The third kappa shape index (κ3) is 3.05. The van der Waals surface area contributed by atoms with E-state index in [-0.39, 0.29) is 5.78 Å². The first-order valence-electron chi connectivity index (χ1n) is 6.12. The second-order valence-corrected chi connectivity index (χ2v) is 5.73. The molecule has 0 aliphatic carbocycles. The van der Waals surface area contributed by atoms with Crippen molar-refractivity contribution in [2.75, 3.05) is 13.0 Å². The van der Waals surface area contributed by atoms with E-state index in [0.717, 1.165) is 5.56 Å². The summed E-state index contributed by atoms with van der Waals surface area (Å²) in [5.74, 6) is 1.31. The molecule has 0 unspecified atom stereocenters. The number of ketones is 1. The van der Waals surface area contributed by atoms with E-state index in [0.29, 0.717) is 23.1 Å². The number of carbonyl (C=O) groups excluding carboxylic acids is 1. The quantitative estimate of drug-likeness (QED) is 0.589. The normalized spacial score (nSPS) is 11.7. The Bertz CT molecular complexity index is 436. The molecule has 0 saturated heterocycles. The summed E-state index contributed by atoms with van der Waals surface area (Å²) in [7, 11) is 1.58. The van der Waals surface area contributed by atoms with Crippen LogP contribution in [0.15, 0.2) is 18.2 Å². The van der Waals surface area contributed by atoms with E-state index < -0.39 is 5.41 Å². The van der Waals surface area contributed by atoms with E-state index in [4.69, 9.17) is 16.3 Å². The second kappa shape index (κ2) is 5.75. The molecule has 0 atom stereocenters. The lowest BCUT2D eigenvalue weighted by Crippen LogP contribution is -2.26. The number of methoxy groups -OCH3 is 1. The monoisotopic (exact) mass is 268 g/mol. The number of halogens is 1. The number of benzene rings is 1. The molecule has 0 fully saturated rings. The lowest BCUT2D eigenvalue weighted by atomic mass is 9.84. The van der Waals surface area contributed by atoms with Crippen LogP contribution in [-0.2, 0) is 0 Å². The largest absolute Gasteiger partial charge is 0.496 e. The zero-order valence-electron chi connectivity index (χ0n) is 11.7. The summed E-state index contributed by atoms with van der Waals surface area (Å²) < 4.78 is 5.28. The molecule has 1 rings (SSSR count). The predicted molar refractivity (Wildman–Crippen MR) is 75.9 cm³/mol. The molecule has 3 heteroatoms. The van der Waals surface area contributed by atoms with E-state index in [1.165, 1.54) is 0 Å². The van der Waals surface area contributed by atoms with Crippen LogP contribution in [-0.4, -0.2) is 18.8 Å². The first kappa shape index (κ1) is 15.0. The van der Waals surface area contributed by atoms with Crippen molar-refractivity contribution in [1.82, 2.24) is 0 Å². The zero-order valence-corrected chi connectivity index (χ0v) is 12.5. The topological polar surface area (TPSA) is 26.3 Å². The maximum absolute atomic E-state index is 12.5. The van der Waals surface area contributed by atoms with Gasteiger partial charge in [0.2, 0.25) is 0 Å². The molecule has 0 heterocycles. The number of hydrogen-bond donors (Lipinski definition) is 0. The van der Waals surface area contributed by atoms with Gasteiger partial charge in [-0.15, -0.1) is 11.6 Å². The summed E-state index contributed by atoms with van der Waals surface area (Å²) in [6.45, 7) is 7.90. The Morgan fingerprint density at radius 1 is 1.39 bits per heavy atom. The van der Waals surface area contributed by atoms with Crippen molar-refractivity contribution in [3.63, 3.8) is 0 Å². The molecule has 0 radical (unpaired) electrons. The van der Waals surface area contributed by atoms with Gasteiger partial charge in [-0.2, -0.15) is 0 Å². The molecule has 0 spiro atoms.